The number of fused-ring (bicyclic) bond motifs is 1. The number of benzene rings is 1. The van der Waals surface area contributed by atoms with Crippen molar-refractivity contribution in [2.45, 2.75) is 44.7 Å². The third-order valence-electron chi connectivity index (χ3n) is 4.11. The van der Waals surface area contributed by atoms with Crippen LogP contribution in [-0.2, 0) is 17.6 Å². The molecule has 5 nitrogen and oxygen atoms in total. The molecule has 0 bridgehead atoms. The predicted molar refractivity (Wildman–Crippen MR) is 85.8 cm³/mol. The van der Waals surface area contributed by atoms with E-state index in [4.69, 9.17) is 5.11 Å². The molecule has 1 N–H and O–H groups in total. The Morgan fingerprint density at radius 1 is 1.23 bits per heavy atom. The first-order chi connectivity index (χ1) is 10.6. The van der Waals surface area contributed by atoms with Gasteiger partial charge in [-0.25, -0.2) is 0 Å². The number of nitrogens with zero attached hydrogens (tertiary/aromatic N) is 3. The molecule has 1 aromatic carbocycles. The van der Waals surface area contributed by atoms with Crippen molar-refractivity contribution in [3.05, 3.63) is 34.6 Å². The largest absolute Gasteiger partial charge is 0.481 e. The third-order valence-corrected chi connectivity index (χ3v) is 5.02. The van der Waals surface area contributed by atoms with Crippen molar-refractivity contribution in [2.24, 2.45) is 0 Å². The molecule has 1 aromatic heterocycles. The van der Waals surface area contributed by atoms with Crippen LogP contribution < -0.4 is 0 Å². The van der Waals surface area contributed by atoms with E-state index in [1.165, 1.54) is 41.3 Å². The SMILES string of the molecule is Cc1ccc(-n2c(C)nnc2SCC(=O)O)c2c1CCCC2. The van der Waals surface area contributed by atoms with Crippen molar-refractivity contribution < 1.29 is 9.90 Å². The molecule has 0 saturated heterocycles. The van der Waals surface area contributed by atoms with E-state index in [1.807, 2.05) is 11.5 Å². The molecule has 1 aliphatic rings. The number of hydrogen-bond donors (Lipinski definition) is 1. The molecule has 0 unspecified atom stereocenters. The summed E-state index contributed by atoms with van der Waals surface area (Å²) in [6.45, 7) is 4.07. The minimum atomic E-state index is -0.844. The zero-order valence-corrected chi connectivity index (χ0v) is 13.6. The van der Waals surface area contributed by atoms with E-state index in [1.54, 1.807) is 0 Å². The van der Waals surface area contributed by atoms with Gasteiger partial charge in [-0.1, -0.05) is 17.8 Å². The van der Waals surface area contributed by atoms with Crippen LogP contribution in [0.4, 0.5) is 0 Å². The number of carbonyl (C=O) groups is 1. The second kappa shape index (κ2) is 6.12. The number of carboxylic acid groups (broad SMARTS) is 1. The van der Waals surface area contributed by atoms with Crippen LogP contribution in [0.3, 0.4) is 0 Å². The molecule has 0 fully saturated rings. The molecule has 0 radical (unpaired) electrons. The Labute approximate surface area is 133 Å². The van der Waals surface area contributed by atoms with Crippen LogP contribution >= 0.6 is 11.8 Å². The second-order valence-corrected chi connectivity index (χ2v) is 6.56. The topological polar surface area (TPSA) is 68.0 Å². The minimum Gasteiger partial charge on any atom is -0.481 e. The summed E-state index contributed by atoms with van der Waals surface area (Å²) >= 11 is 1.22. The molecule has 6 heteroatoms. The maximum atomic E-state index is 10.8. The average molecular weight is 317 g/mol. The molecular formula is C16H19N3O2S. The first-order valence-electron chi connectivity index (χ1n) is 7.46. The first-order valence-corrected chi connectivity index (χ1v) is 8.45. The van der Waals surface area contributed by atoms with Crippen molar-refractivity contribution in [2.75, 3.05) is 5.75 Å². The molecule has 1 aliphatic carbocycles. The Morgan fingerprint density at radius 3 is 2.68 bits per heavy atom. The molecule has 0 spiro atoms. The molecule has 0 saturated carbocycles. The van der Waals surface area contributed by atoms with Gasteiger partial charge in [0.25, 0.3) is 0 Å². The van der Waals surface area contributed by atoms with Gasteiger partial charge in [0, 0.05) is 0 Å². The molecule has 1 heterocycles. The molecule has 116 valence electrons. The van der Waals surface area contributed by atoms with Crippen molar-refractivity contribution in [3.63, 3.8) is 0 Å². The highest BCUT2D eigenvalue weighted by Gasteiger charge is 2.20. The highest BCUT2D eigenvalue weighted by atomic mass is 32.2. The summed E-state index contributed by atoms with van der Waals surface area (Å²) in [4.78, 5) is 10.8. The second-order valence-electron chi connectivity index (χ2n) is 5.61. The normalized spacial score (nSPS) is 13.9. The molecular weight excluding hydrogens is 298 g/mol. The summed E-state index contributed by atoms with van der Waals surface area (Å²) in [6, 6.07) is 4.26. The van der Waals surface area contributed by atoms with Gasteiger partial charge in [0.05, 0.1) is 11.4 Å². The van der Waals surface area contributed by atoms with Crippen LogP contribution in [0, 0.1) is 13.8 Å². The summed E-state index contributed by atoms with van der Waals surface area (Å²) in [5.74, 6) is -0.0562. The first kappa shape index (κ1) is 15.1. The van der Waals surface area contributed by atoms with Crippen molar-refractivity contribution in [1.82, 2.24) is 14.8 Å². The molecule has 22 heavy (non-hydrogen) atoms. The number of rotatable bonds is 4. The predicted octanol–water partition coefficient (Wildman–Crippen LogP) is 2.94. The molecule has 0 aliphatic heterocycles. The van der Waals surface area contributed by atoms with Crippen LogP contribution in [0.15, 0.2) is 17.3 Å². The zero-order chi connectivity index (χ0) is 15.7. The average Bonchev–Trinajstić information content (AvgIpc) is 2.87. The van der Waals surface area contributed by atoms with E-state index in [2.05, 4.69) is 29.3 Å². The van der Waals surface area contributed by atoms with Crippen LogP contribution in [0.1, 0.15) is 35.4 Å². The summed E-state index contributed by atoms with van der Waals surface area (Å²) in [6.07, 6.45) is 4.61. The molecule has 3 rings (SSSR count). The van der Waals surface area contributed by atoms with E-state index in [0.717, 1.165) is 24.4 Å². The lowest BCUT2D eigenvalue weighted by Gasteiger charge is -2.22. The van der Waals surface area contributed by atoms with E-state index in [0.29, 0.717) is 5.16 Å². The monoisotopic (exact) mass is 317 g/mol. The number of aryl methyl sites for hydroxylation is 2. The fourth-order valence-electron chi connectivity index (χ4n) is 3.08. The van der Waals surface area contributed by atoms with E-state index >= 15 is 0 Å². The number of aromatic nitrogens is 3. The summed E-state index contributed by atoms with van der Waals surface area (Å²) in [7, 11) is 0. The fourth-order valence-corrected chi connectivity index (χ4v) is 3.79. The highest BCUT2D eigenvalue weighted by molar-refractivity contribution is 7.99. The van der Waals surface area contributed by atoms with Crippen LogP contribution in [0.25, 0.3) is 5.69 Å². The van der Waals surface area contributed by atoms with Gasteiger partial charge in [-0.2, -0.15) is 0 Å². The van der Waals surface area contributed by atoms with Gasteiger partial charge in [0.2, 0.25) is 0 Å². The Balaban J connectivity index is 2.08. The van der Waals surface area contributed by atoms with Crippen molar-refractivity contribution in [3.8, 4) is 5.69 Å². The Kier molecular flexibility index (Phi) is 4.20. The minimum absolute atomic E-state index is 0.00775. The maximum absolute atomic E-state index is 10.8. The van der Waals surface area contributed by atoms with Crippen LogP contribution in [-0.4, -0.2) is 31.6 Å². The Bertz CT molecular complexity index is 724. The Hall–Kier alpha value is -1.82. The van der Waals surface area contributed by atoms with E-state index < -0.39 is 5.97 Å². The smallest absolute Gasteiger partial charge is 0.313 e. The summed E-state index contributed by atoms with van der Waals surface area (Å²) < 4.78 is 2.00. The van der Waals surface area contributed by atoms with Crippen LogP contribution in [0.2, 0.25) is 0 Å². The van der Waals surface area contributed by atoms with Gasteiger partial charge >= 0.3 is 5.97 Å². The number of thioether (sulfide) groups is 1. The van der Waals surface area contributed by atoms with Gasteiger partial charge in [0.15, 0.2) is 5.16 Å². The lowest BCUT2D eigenvalue weighted by molar-refractivity contribution is -0.133. The molecule has 0 amide bonds. The third kappa shape index (κ3) is 2.75. The van der Waals surface area contributed by atoms with E-state index in [9.17, 15) is 4.79 Å². The van der Waals surface area contributed by atoms with Gasteiger partial charge in [0.1, 0.15) is 5.82 Å². The van der Waals surface area contributed by atoms with Crippen LogP contribution in [0.5, 0.6) is 0 Å². The lowest BCUT2D eigenvalue weighted by Crippen LogP contribution is -2.12. The lowest BCUT2D eigenvalue weighted by atomic mass is 9.87. The fraction of sp³-hybridized carbons (Fsp3) is 0.438. The van der Waals surface area contributed by atoms with Gasteiger partial charge in [-0.15, -0.1) is 10.2 Å². The number of aliphatic carboxylic acids is 1. The standard InChI is InChI=1S/C16H19N3O2S/c1-10-7-8-14(13-6-4-3-5-12(10)13)19-11(2)17-18-16(19)22-9-15(20)21/h7-8H,3-6,9H2,1-2H3,(H,20,21). The summed E-state index contributed by atoms with van der Waals surface area (Å²) in [5.41, 5.74) is 5.25. The van der Waals surface area contributed by atoms with Crippen molar-refractivity contribution in [1.29, 1.82) is 0 Å². The van der Waals surface area contributed by atoms with Gasteiger partial charge in [-0.3, -0.25) is 9.36 Å². The maximum Gasteiger partial charge on any atom is 0.313 e. The summed E-state index contributed by atoms with van der Waals surface area (Å²) in [5, 5.41) is 17.8. The van der Waals surface area contributed by atoms with Gasteiger partial charge < -0.3 is 5.11 Å². The molecule has 0 atom stereocenters. The van der Waals surface area contributed by atoms with Crippen molar-refractivity contribution >= 4 is 17.7 Å². The quantitative estimate of drug-likeness (QED) is 0.878. The number of hydrogen-bond acceptors (Lipinski definition) is 4. The number of carboxylic acids is 1. The Morgan fingerprint density at radius 2 is 1.95 bits per heavy atom. The van der Waals surface area contributed by atoms with Gasteiger partial charge in [-0.05, 0) is 62.3 Å². The van der Waals surface area contributed by atoms with E-state index in [-0.39, 0.29) is 5.75 Å². The molecule has 2 aromatic rings. The zero-order valence-electron chi connectivity index (χ0n) is 12.8. The highest BCUT2D eigenvalue weighted by Crippen LogP contribution is 2.32.